The molecule has 2 heterocycles. The summed E-state index contributed by atoms with van der Waals surface area (Å²) in [5, 5.41) is 8.40. The summed E-state index contributed by atoms with van der Waals surface area (Å²) in [7, 11) is 0. The minimum absolute atomic E-state index is 0.158. The van der Waals surface area contributed by atoms with Crippen LogP contribution in [0.25, 0.3) is 10.9 Å². The number of carbonyl (C=O) groups is 1. The highest BCUT2D eigenvalue weighted by atomic mass is 16.1. The summed E-state index contributed by atoms with van der Waals surface area (Å²) in [6.45, 7) is 4.69. The van der Waals surface area contributed by atoms with Crippen molar-refractivity contribution < 1.29 is 4.79 Å². The standard InChI is InChI=1S/C16H16N4O/c1-3-20-10-12-6-7-13(9-15(12)19-20)18-16(21)14-5-4-8-17-11(14)2/h4-10H,3H2,1-2H3,(H,18,21). The van der Waals surface area contributed by atoms with Gasteiger partial charge < -0.3 is 5.32 Å². The van der Waals surface area contributed by atoms with Crippen LogP contribution in [0.1, 0.15) is 23.0 Å². The molecule has 0 aliphatic carbocycles. The molecule has 0 radical (unpaired) electrons. The predicted octanol–water partition coefficient (Wildman–Crippen LogP) is 3.01. The Bertz CT molecular complexity index is 807. The van der Waals surface area contributed by atoms with Gasteiger partial charge in [0.05, 0.1) is 11.1 Å². The second kappa shape index (κ2) is 5.36. The van der Waals surface area contributed by atoms with Crippen molar-refractivity contribution in [2.75, 3.05) is 5.32 Å². The number of aryl methyl sites for hydroxylation is 2. The number of carbonyl (C=O) groups excluding carboxylic acids is 1. The molecule has 1 N–H and O–H groups in total. The van der Waals surface area contributed by atoms with E-state index in [4.69, 9.17) is 0 Å². The lowest BCUT2D eigenvalue weighted by atomic mass is 10.2. The van der Waals surface area contributed by atoms with Gasteiger partial charge in [0.15, 0.2) is 0 Å². The van der Waals surface area contributed by atoms with Crippen molar-refractivity contribution in [3.63, 3.8) is 0 Å². The molecule has 5 nitrogen and oxygen atoms in total. The van der Waals surface area contributed by atoms with E-state index in [0.29, 0.717) is 11.3 Å². The summed E-state index contributed by atoms with van der Waals surface area (Å²) in [5.74, 6) is -0.158. The first kappa shape index (κ1) is 13.3. The van der Waals surface area contributed by atoms with Crippen molar-refractivity contribution in [3.8, 4) is 0 Å². The van der Waals surface area contributed by atoms with Gasteiger partial charge in [-0.1, -0.05) is 0 Å². The van der Waals surface area contributed by atoms with E-state index in [2.05, 4.69) is 15.4 Å². The number of benzene rings is 1. The number of fused-ring (bicyclic) bond motifs is 1. The Morgan fingerprint density at radius 1 is 1.33 bits per heavy atom. The maximum atomic E-state index is 12.3. The zero-order valence-corrected chi connectivity index (χ0v) is 12.0. The van der Waals surface area contributed by atoms with E-state index < -0.39 is 0 Å². The van der Waals surface area contributed by atoms with Gasteiger partial charge in [-0.25, -0.2) is 0 Å². The SMILES string of the molecule is CCn1cc2ccc(NC(=O)c3cccnc3C)cc2n1. The van der Waals surface area contributed by atoms with Crippen molar-refractivity contribution in [1.82, 2.24) is 14.8 Å². The maximum Gasteiger partial charge on any atom is 0.257 e. The first-order valence-corrected chi connectivity index (χ1v) is 6.87. The number of hydrogen-bond donors (Lipinski definition) is 1. The van der Waals surface area contributed by atoms with Gasteiger partial charge >= 0.3 is 0 Å². The van der Waals surface area contributed by atoms with E-state index in [1.165, 1.54) is 0 Å². The average Bonchev–Trinajstić information content (AvgIpc) is 2.90. The van der Waals surface area contributed by atoms with Crippen LogP contribution in [0.5, 0.6) is 0 Å². The fraction of sp³-hybridized carbons (Fsp3) is 0.188. The van der Waals surface area contributed by atoms with Gasteiger partial charge in [-0.05, 0) is 44.2 Å². The third kappa shape index (κ3) is 2.63. The Balaban J connectivity index is 1.87. The monoisotopic (exact) mass is 280 g/mol. The third-order valence-corrected chi connectivity index (χ3v) is 3.39. The molecule has 0 aliphatic heterocycles. The van der Waals surface area contributed by atoms with Gasteiger partial charge in [0.25, 0.3) is 5.91 Å². The van der Waals surface area contributed by atoms with Crippen LogP contribution in [0.4, 0.5) is 5.69 Å². The molecule has 3 rings (SSSR count). The largest absolute Gasteiger partial charge is 0.322 e. The summed E-state index contributed by atoms with van der Waals surface area (Å²) >= 11 is 0. The van der Waals surface area contributed by atoms with Gasteiger partial charge in [0, 0.05) is 35.7 Å². The second-order valence-electron chi connectivity index (χ2n) is 4.85. The fourth-order valence-electron chi connectivity index (χ4n) is 2.23. The third-order valence-electron chi connectivity index (χ3n) is 3.39. The molecule has 0 atom stereocenters. The molecule has 5 heteroatoms. The first-order valence-electron chi connectivity index (χ1n) is 6.87. The van der Waals surface area contributed by atoms with Gasteiger partial charge in [-0.2, -0.15) is 5.10 Å². The Morgan fingerprint density at radius 3 is 2.95 bits per heavy atom. The summed E-state index contributed by atoms with van der Waals surface area (Å²) in [4.78, 5) is 16.4. The minimum Gasteiger partial charge on any atom is -0.322 e. The molecule has 106 valence electrons. The van der Waals surface area contributed by atoms with Gasteiger partial charge in [0.2, 0.25) is 0 Å². The van der Waals surface area contributed by atoms with E-state index in [9.17, 15) is 4.79 Å². The van der Waals surface area contributed by atoms with Crippen LogP contribution in [0, 0.1) is 6.92 Å². The average molecular weight is 280 g/mol. The molecule has 0 spiro atoms. The topological polar surface area (TPSA) is 59.8 Å². The lowest BCUT2D eigenvalue weighted by Crippen LogP contribution is -2.13. The van der Waals surface area contributed by atoms with Crippen molar-refractivity contribution in [3.05, 3.63) is 54.0 Å². The van der Waals surface area contributed by atoms with Crippen LogP contribution in [0.3, 0.4) is 0 Å². The van der Waals surface area contributed by atoms with Gasteiger partial charge in [-0.3, -0.25) is 14.5 Å². The van der Waals surface area contributed by atoms with Crippen molar-refractivity contribution in [2.24, 2.45) is 0 Å². The number of rotatable bonds is 3. The first-order chi connectivity index (χ1) is 10.2. The highest BCUT2D eigenvalue weighted by Crippen LogP contribution is 2.19. The number of nitrogens with zero attached hydrogens (tertiary/aromatic N) is 3. The smallest absolute Gasteiger partial charge is 0.257 e. The lowest BCUT2D eigenvalue weighted by Gasteiger charge is -2.06. The zero-order valence-electron chi connectivity index (χ0n) is 12.0. The van der Waals surface area contributed by atoms with Crippen LogP contribution >= 0.6 is 0 Å². The highest BCUT2D eigenvalue weighted by molar-refractivity contribution is 6.05. The molecule has 0 bridgehead atoms. The lowest BCUT2D eigenvalue weighted by molar-refractivity contribution is 0.102. The highest BCUT2D eigenvalue weighted by Gasteiger charge is 2.10. The normalized spacial score (nSPS) is 10.8. The van der Waals surface area contributed by atoms with Crippen LogP contribution in [0.2, 0.25) is 0 Å². The molecular weight excluding hydrogens is 264 g/mol. The van der Waals surface area contributed by atoms with E-state index in [1.54, 1.807) is 18.3 Å². The Hall–Kier alpha value is -2.69. The molecular formula is C16H16N4O. The molecule has 0 saturated heterocycles. The number of hydrogen-bond acceptors (Lipinski definition) is 3. The quantitative estimate of drug-likeness (QED) is 0.802. The molecule has 2 aromatic heterocycles. The molecule has 1 aromatic carbocycles. The van der Waals surface area contributed by atoms with E-state index in [0.717, 1.165) is 23.1 Å². The van der Waals surface area contributed by atoms with E-state index >= 15 is 0 Å². The second-order valence-corrected chi connectivity index (χ2v) is 4.85. The van der Waals surface area contributed by atoms with Gasteiger partial charge in [0.1, 0.15) is 0 Å². The molecule has 0 fully saturated rings. The Labute approximate surface area is 122 Å². The van der Waals surface area contributed by atoms with Crippen LogP contribution in [-0.4, -0.2) is 20.7 Å². The van der Waals surface area contributed by atoms with Gasteiger partial charge in [-0.15, -0.1) is 0 Å². The molecule has 0 unspecified atom stereocenters. The Morgan fingerprint density at radius 2 is 2.19 bits per heavy atom. The molecule has 0 saturated carbocycles. The number of aromatic nitrogens is 3. The summed E-state index contributed by atoms with van der Waals surface area (Å²) in [6.07, 6.45) is 3.67. The summed E-state index contributed by atoms with van der Waals surface area (Å²) in [5.41, 5.74) is 2.90. The van der Waals surface area contributed by atoms with E-state index in [-0.39, 0.29) is 5.91 Å². The summed E-state index contributed by atoms with van der Waals surface area (Å²) in [6, 6.07) is 9.24. The summed E-state index contributed by atoms with van der Waals surface area (Å²) < 4.78 is 1.88. The zero-order chi connectivity index (χ0) is 14.8. The number of amides is 1. The number of anilines is 1. The molecule has 3 aromatic rings. The van der Waals surface area contributed by atoms with Crippen LogP contribution in [-0.2, 0) is 6.54 Å². The number of pyridine rings is 1. The van der Waals surface area contributed by atoms with Crippen LogP contribution < -0.4 is 5.32 Å². The van der Waals surface area contributed by atoms with Crippen LogP contribution in [0.15, 0.2) is 42.7 Å². The Kier molecular flexibility index (Phi) is 3.39. The van der Waals surface area contributed by atoms with E-state index in [1.807, 2.05) is 42.9 Å². The van der Waals surface area contributed by atoms with Crippen molar-refractivity contribution in [2.45, 2.75) is 20.4 Å². The molecule has 0 aliphatic rings. The number of nitrogens with one attached hydrogen (secondary N) is 1. The van der Waals surface area contributed by atoms with Crippen molar-refractivity contribution >= 4 is 22.5 Å². The minimum atomic E-state index is -0.158. The predicted molar refractivity (Wildman–Crippen MR) is 82.3 cm³/mol. The molecule has 21 heavy (non-hydrogen) atoms. The van der Waals surface area contributed by atoms with Crippen molar-refractivity contribution in [1.29, 1.82) is 0 Å². The maximum absolute atomic E-state index is 12.3. The fourth-order valence-corrected chi connectivity index (χ4v) is 2.23. The molecule has 1 amide bonds.